The average molecular weight is 966 g/mol. The molecule has 18 heteroatoms. The fourth-order valence-corrected chi connectivity index (χ4v) is 12.7. The lowest BCUT2D eigenvalue weighted by atomic mass is 9.70. The molecule has 16 nitrogen and oxygen atoms in total. The molecule has 2 saturated heterocycles. The van der Waals surface area contributed by atoms with Crippen molar-refractivity contribution in [1.29, 1.82) is 0 Å². The van der Waals surface area contributed by atoms with Crippen LogP contribution in [0.1, 0.15) is 112 Å². The topological polar surface area (TPSA) is 201 Å². The number of amides is 1. The normalized spacial score (nSPS) is 24.6. The van der Waals surface area contributed by atoms with E-state index in [0.717, 1.165) is 63.0 Å². The van der Waals surface area contributed by atoms with E-state index in [2.05, 4.69) is 67.9 Å². The van der Waals surface area contributed by atoms with Crippen molar-refractivity contribution in [2.45, 2.75) is 113 Å². The largest absolute Gasteiger partial charge is 0.489 e. The van der Waals surface area contributed by atoms with Crippen molar-refractivity contribution in [1.82, 2.24) is 19.6 Å². The number of aliphatic hydroxyl groups is 1. The number of pyridine rings is 1. The molecular weight excluding hydrogens is 906 g/mol. The second-order valence-corrected chi connectivity index (χ2v) is 22.2. The number of nitrogens with zero attached hydrogens (tertiary/aromatic N) is 4. The summed E-state index contributed by atoms with van der Waals surface area (Å²) in [4.78, 5) is 37.5. The number of hydrogen-bond donors (Lipinski definition) is 4. The number of halogens is 1. The fourth-order valence-electron chi connectivity index (χ4n) is 11.7. The van der Waals surface area contributed by atoms with E-state index < -0.39 is 42.9 Å². The van der Waals surface area contributed by atoms with Crippen LogP contribution in [0.15, 0.2) is 71.8 Å². The molecule has 3 aliphatic heterocycles. The number of hydrogen-bond acceptors (Lipinski definition) is 13. The number of nitrogens with one attached hydrogen (secondary N) is 3. The van der Waals surface area contributed by atoms with Gasteiger partial charge in [0, 0.05) is 68.4 Å². The van der Waals surface area contributed by atoms with Gasteiger partial charge in [-0.25, -0.2) is 17.5 Å². The Morgan fingerprint density at radius 2 is 1.78 bits per heavy atom. The molecule has 366 valence electrons. The number of aromatic nitrogens is 2. The lowest BCUT2D eigenvalue weighted by Gasteiger charge is -2.57. The van der Waals surface area contributed by atoms with Crippen LogP contribution in [0.25, 0.3) is 11.0 Å². The summed E-state index contributed by atoms with van der Waals surface area (Å²) >= 11 is 0. The molecule has 69 heavy (non-hydrogen) atoms. The molecule has 5 heterocycles. The van der Waals surface area contributed by atoms with Crippen LogP contribution in [0.4, 0.5) is 21.5 Å². The third kappa shape index (κ3) is 9.06. The van der Waals surface area contributed by atoms with Gasteiger partial charge in [-0.15, -0.1) is 0 Å². The summed E-state index contributed by atoms with van der Waals surface area (Å²) in [6, 6.07) is 17.5. The van der Waals surface area contributed by atoms with E-state index in [1.165, 1.54) is 49.6 Å². The molecule has 0 radical (unpaired) electrons. The lowest BCUT2D eigenvalue weighted by molar-refractivity contribution is -0.384. The Labute approximate surface area is 401 Å². The molecule has 3 atom stereocenters. The number of anilines is 2. The molecule has 5 aliphatic rings. The van der Waals surface area contributed by atoms with Gasteiger partial charge >= 0.3 is 0 Å². The predicted octanol–water partition coefficient (Wildman–Crippen LogP) is 9.01. The van der Waals surface area contributed by atoms with Crippen molar-refractivity contribution in [3.05, 3.63) is 99.5 Å². The van der Waals surface area contributed by atoms with Crippen molar-refractivity contribution in [2.75, 3.05) is 50.1 Å². The van der Waals surface area contributed by atoms with Crippen LogP contribution in [0.5, 0.6) is 23.1 Å². The minimum atomic E-state index is -4.75. The van der Waals surface area contributed by atoms with Crippen LogP contribution in [0, 0.1) is 27.3 Å². The Bertz CT molecular complexity index is 2900. The first kappa shape index (κ1) is 46.7. The number of benzene rings is 3. The molecule has 1 spiro atoms. The van der Waals surface area contributed by atoms with Gasteiger partial charge in [0.2, 0.25) is 0 Å². The highest BCUT2D eigenvalue weighted by molar-refractivity contribution is 7.90. The SMILES string of the molecule is COc1nc2[nH]cc(F)c2cc1Oc1cc(N2CCC3(CC2)CN([C@@H]2CCC[C@@H]2c2ccccc2C(C)C)C3)ccc1C(=O)NS(=O)(=O)c1cc2c(c([N+](=O)[O-])c1)N[C@@H](C1CCC(C)(O)CC1)CO2. The Morgan fingerprint density at radius 1 is 1.03 bits per heavy atom. The highest BCUT2D eigenvalue weighted by Crippen LogP contribution is 2.50. The van der Waals surface area contributed by atoms with Gasteiger partial charge in [0.1, 0.15) is 23.8 Å². The van der Waals surface area contributed by atoms with Gasteiger partial charge in [0.25, 0.3) is 27.5 Å². The van der Waals surface area contributed by atoms with E-state index in [9.17, 15) is 32.8 Å². The number of aromatic amines is 1. The first-order chi connectivity index (χ1) is 33.0. The van der Waals surface area contributed by atoms with Crippen LogP contribution in [-0.4, -0.2) is 96.8 Å². The number of ether oxygens (including phenoxy) is 3. The van der Waals surface area contributed by atoms with Gasteiger partial charge < -0.3 is 34.5 Å². The van der Waals surface area contributed by atoms with E-state index in [4.69, 9.17) is 14.2 Å². The van der Waals surface area contributed by atoms with Crippen LogP contribution in [0.3, 0.4) is 0 Å². The molecule has 2 saturated carbocycles. The van der Waals surface area contributed by atoms with Gasteiger partial charge in [-0.3, -0.25) is 19.8 Å². The maximum Gasteiger partial charge on any atom is 0.297 e. The van der Waals surface area contributed by atoms with E-state index in [1.54, 1.807) is 19.1 Å². The molecule has 2 aromatic heterocycles. The number of piperidine rings is 1. The van der Waals surface area contributed by atoms with Crippen LogP contribution < -0.4 is 29.1 Å². The zero-order chi connectivity index (χ0) is 48.4. The van der Waals surface area contributed by atoms with Crippen LogP contribution >= 0.6 is 0 Å². The van der Waals surface area contributed by atoms with Crippen molar-refractivity contribution in [2.24, 2.45) is 11.3 Å². The number of sulfonamides is 1. The maximum absolute atomic E-state index is 14.9. The van der Waals surface area contributed by atoms with Gasteiger partial charge in [-0.2, -0.15) is 4.98 Å². The van der Waals surface area contributed by atoms with E-state index in [-0.39, 0.29) is 69.4 Å². The summed E-state index contributed by atoms with van der Waals surface area (Å²) in [6.07, 6.45) is 9.29. The Balaban J connectivity index is 0.883. The molecule has 3 aromatic carbocycles. The number of H-pyrrole nitrogens is 1. The van der Waals surface area contributed by atoms with E-state index in [0.29, 0.717) is 43.6 Å². The van der Waals surface area contributed by atoms with Crippen LogP contribution in [0.2, 0.25) is 0 Å². The number of fused-ring (bicyclic) bond motifs is 2. The standard InChI is InChI=1S/C51H60FN7O9S/c1-30(2)34-8-5-6-9-35(34)36-10-7-11-41(36)58-28-51(29-58)18-20-57(21-19-51)32-12-13-37(43(22-32)68-45-25-38-39(52)26-53-47(38)55-49(45)66-4)48(60)56-69(64,65)33-23-42(59(62)63)46-44(24-33)67-27-40(54-46)31-14-16-50(3,61)17-15-31/h5-6,8-9,12-13,22-26,30-31,36,40-41,54,61H,7,10-11,14-21,27-29H2,1-4H3,(H,53,55)(H,56,60)/t31?,36-,40-,41-,50?/m1/s1. The second kappa shape index (κ2) is 18.1. The molecule has 10 rings (SSSR count). The molecule has 4 N–H and O–H groups in total. The smallest absolute Gasteiger partial charge is 0.297 e. The molecule has 1 amide bonds. The first-order valence-electron chi connectivity index (χ1n) is 24.1. The van der Waals surface area contributed by atoms with Gasteiger partial charge in [0.05, 0.1) is 39.5 Å². The molecule has 5 aromatic rings. The van der Waals surface area contributed by atoms with Gasteiger partial charge in [0.15, 0.2) is 17.2 Å². The maximum atomic E-state index is 14.9. The fraction of sp³-hybridized carbons (Fsp3) is 0.490. The predicted molar refractivity (Wildman–Crippen MR) is 259 cm³/mol. The summed E-state index contributed by atoms with van der Waals surface area (Å²) in [5.74, 6) is -0.662. The van der Waals surface area contributed by atoms with Crippen molar-refractivity contribution >= 4 is 44.0 Å². The third-order valence-corrected chi connectivity index (χ3v) is 16.9. The molecule has 0 bridgehead atoms. The Morgan fingerprint density at radius 3 is 2.51 bits per heavy atom. The Kier molecular flexibility index (Phi) is 12.2. The number of carbonyl (C=O) groups excluding carboxylic acids is 1. The molecule has 2 aliphatic carbocycles. The summed E-state index contributed by atoms with van der Waals surface area (Å²) in [5.41, 5.74) is 2.69. The summed E-state index contributed by atoms with van der Waals surface area (Å²) in [6.45, 7) is 10.1. The minimum absolute atomic E-state index is 0.00652. The summed E-state index contributed by atoms with van der Waals surface area (Å²) < 4.78 is 62.9. The van der Waals surface area contributed by atoms with E-state index >= 15 is 0 Å². The molecule has 4 fully saturated rings. The summed E-state index contributed by atoms with van der Waals surface area (Å²) in [7, 11) is -3.38. The van der Waals surface area contributed by atoms with Crippen molar-refractivity contribution < 1.29 is 41.8 Å². The summed E-state index contributed by atoms with van der Waals surface area (Å²) in [5, 5.41) is 26.2. The highest BCUT2D eigenvalue weighted by Gasteiger charge is 2.49. The number of likely N-dealkylation sites (tertiary alicyclic amines) is 1. The Hall–Kier alpha value is -5.98. The minimum Gasteiger partial charge on any atom is -0.489 e. The third-order valence-electron chi connectivity index (χ3n) is 15.6. The van der Waals surface area contributed by atoms with Crippen molar-refractivity contribution in [3.63, 3.8) is 0 Å². The van der Waals surface area contributed by atoms with Crippen LogP contribution in [-0.2, 0) is 10.0 Å². The van der Waals surface area contributed by atoms with Crippen molar-refractivity contribution in [3.8, 4) is 23.1 Å². The number of methoxy groups -OCH3 is 1. The molecular formula is C51H60FN7O9S. The number of carbonyl (C=O) groups is 1. The number of rotatable bonds is 12. The van der Waals surface area contributed by atoms with E-state index in [1.807, 2.05) is 0 Å². The monoisotopic (exact) mass is 965 g/mol. The molecule has 0 unspecified atom stereocenters. The second-order valence-electron chi connectivity index (χ2n) is 20.5. The zero-order valence-corrected chi connectivity index (χ0v) is 40.2. The highest BCUT2D eigenvalue weighted by atomic mass is 32.2. The number of nitro benzene ring substituents is 1. The lowest BCUT2D eigenvalue weighted by Crippen LogP contribution is -2.63. The number of nitro groups is 1. The first-order valence-corrected chi connectivity index (χ1v) is 25.6. The van der Waals surface area contributed by atoms with Gasteiger partial charge in [-0.1, -0.05) is 44.5 Å². The van der Waals surface area contributed by atoms with Gasteiger partial charge in [-0.05, 0) is 105 Å². The zero-order valence-electron chi connectivity index (χ0n) is 39.4. The average Bonchev–Trinajstić information content (AvgIpc) is 3.96. The quantitative estimate of drug-likeness (QED) is 0.0682.